The van der Waals surface area contributed by atoms with Gasteiger partial charge in [-0.15, -0.1) is 0 Å². The lowest BCUT2D eigenvalue weighted by molar-refractivity contribution is 0.417. The van der Waals surface area contributed by atoms with Crippen LogP contribution in [0.2, 0.25) is 0 Å². The number of methoxy groups -OCH3 is 1. The second-order valence-electron chi connectivity index (χ2n) is 5.99. The van der Waals surface area contributed by atoms with Crippen LogP contribution in [0.25, 0.3) is 0 Å². The minimum Gasteiger partial charge on any atom is -0.495 e. The molecule has 0 amide bonds. The van der Waals surface area contributed by atoms with Gasteiger partial charge < -0.3 is 4.74 Å². The molecule has 1 heterocycles. The van der Waals surface area contributed by atoms with Crippen molar-refractivity contribution in [2.75, 3.05) is 11.8 Å². The zero-order valence-electron chi connectivity index (χ0n) is 14.9. The number of para-hydroxylation sites is 2. The molecule has 0 fully saturated rings. The Balaban J connectivity index is 1.82. The predicted molar refractivity (Wildman–Crippen MR) is 103 cm³/mol. The largest absolute Gasteiger partial charge is 0.495 e. The number of aromatic nitrogens is 2. The van der Waals surface area contributed by atoms with Gasteiger partial charge in [-0.1, -0.05) is 24.3 Å². The Morgan fingerprint density at radius 2 is 1.81 bits per heavy atom. The summed E-state index contributed by atoms with van der Waals surface area (Å²) in [6.07, 6.45) is 0.388. The van der Waals surface area contributed by atoms with Gasteiger partial charge in [-0.05, 0) is 42.8 Å². The third-order valence-corrected chi connectivity index (χ3v) is 5.37. The van der Waals surface area contributed by atoms with E-state index < -0.39 is 10.0 Å². The Hall–Kier alpha value is -3.13. The quantitative estimate of drug-likeness (QED) is 0.679. The minimum atomic E-state index is -3.76. The molecule has 0 aliphatic carbocycles. The van der Waals surface area contributed by atoms with E-state index in [0.717, 1.165) is 5.56 Å². The topological polar surface area (TPSA) is 101 Å². The number of aromatic amines is 1. The number of nitrogens with zero attached hydrogens (tertiary/aromatic N) is 1. The van der Waals surface area contributed by atoms with Crippen LogP contribution in [0.15, 0.2) is 64.3 Å². The number of ether oxygens (including phenoxy) is 1. The molecule has 0 saturated carbocycles. The van der Waals surface area contributed by atoms with E-state index in [1.54, 1.807) is 49.4 Å². The molecule has 2 N–H and O–H groups in total. The number of benzene rings is 2. The van der Waals surface area contributed by atoms with E-state index in [1.807, 2.05) is 0 Å². The van der Waals surface area contributed by atoms with Crippen molar-refractivity contribution >= 4 is 15.7 Å². The Bertz CT molecular complexity index is 1110. The fraction of sp³-hybridized carbons (Fsp3) is 0.158. The maximum Gasteiger partial charge on any atom is 0.267 e. The van der Waals surface area contributed by atoms with Crippen molar-refractivity contribution in [3.63, 3.8) is 0 Å². The lowest BCUT2D eigenvalue weighted by Gasteiger charge is -2.12. The molecule has 0 atom stereocenters. The van der Waals surface area contributed by atoms with Crippen LogP contribution >= 0.6 is 0 Å². The molecule has 2 aromatic carbocycles. The molecule has 8 heteroatoms. The summed E-state index contributed by atoms with van der Waals surface area (Å²) in [6.45, 7) is 1.79. The lowest BCUT2D eigenvalue weighted by Crippen LogP contribution is -2.15. The summed E-state index contributed by atoms with van der Waals surface area (Å²) in [5.74, 6) is 0.435. The number of nitrogens with one attached hydrogen (secondary N) is 2. The number of H-pyrrole nitrogens is 1. The molecule has 0 aliphatic rings. The van der Waals surface area contributed by atoms with E-state index in [9.17, 15) is 13.2 Å². The average Bonchev–Trinajstić information content (AvgIpc) is 2.65. The third kappa shape index (κ3) is 4.35. The van der Waals surface area contributed by atoms with Gasteiger partial charge in [-0.2, -0.15) is 5.10 Å². The fourth-order valence-electron chi connectivity index (χ4n) is 2.63. The molecule has 7 nitrogen and oxygen atoms in total. The highest BCUT2D eigenvalue weighted by Gasteiger charge is 2.16. The van der Waals surface area contributed by atoms with Crippen LogP contribution in [0.4, 0.5) is 5.69 Å². The van der Waals surface area contributed by atoms with E-state index in [4.69, 9.17) is 4.74 Å². The molecule has 0 bridgehead atoms. The predicted octanol–water partition coefficient (Wildman–Crippen LogP) is 2.48. The lowest BCUT2D eigenvalue weighted by atomic mass is 10.1. The van der Waals surface area contributed by atoms with Crippen molar-refractivity contribution in [1.82, 2.24) is 10.2 Å². The van der Waals surface area contributed by atoms with E-state index in [2.05, 4.69) is 14.9 Å². The number of hydrogen-bond donors (Lipinski definition) is 2. The van der Waals surface area contributed by atoms with Crippen LogP contribution in [0, 0.1) is 6.92 Å². The number of anilines is 1. The minimum absolute atomic E-state index is 0.122. The van der Waals surface area contributed by atoms with Gasteiger partial charge in [-0.25, -0.2) is 13.5 Å². The van der Waals surface area contributed by atoms with Crippen molar-refractivity contribution in [3.8, 4) is 5.75 Å². The maximum absolute atomic E-state index is 12.6. The molecule has 3 aromatic rings. The molecule has 140 valence electrons. The van der Waals surface area contributed by atoms with Crippen molar-refractivity contribution < 1.29 is 13.2 Å². The first kappa shape index (κ1) is 18.7. The number of aryl methyl sites for hydroxylation is 1. The highest BCUT2D eigenvalue weighted by Crippen LogP contribution is 2.26. The zero-order valence-corrected chi connectivity index (χ0v) is 15.7. The van der Waals surface area contributed by atoms with E-state index in [1.165, 1.54) is 19.2 Å². The summed E-state index contributed by atoms with van der Waals surface area (Å²) in [5, 5.41) is 6.28. The molecule has 0 unspecified atom stereocenters. The van der Waals surface area contributed by atoms with Gasteiger partial charge in [0.25, 0.3) is 15.6 Å². The van der Waals surface area contributed by atoms with Crippen molar-refractivity contribution in [2.45, 2.75) is 18.2 Å². The van der Waals surface area contributed by atoms with Gasteiger partial charge in [0.1, 0.15) is 5.75 Å². The van der Waals surface area contributed by atoms with Gasteiger partial charge in [0.15, 0.2) is 0 Å². The second kappa shape index (κ2) is 7.63. The third-order valence-electron chi connectivity index (χ3n) is 3.99. The van der Waals surface area contributed by atoms with Crippen molar-refractivity contribution in [3.05, 3.63) is 81.8 Å². The molecule has 0 spiro atoms. The standard InChI is InChI=1S/C19H19N3O4S/c1-13-11-15(19(23)21-20-13)12-14-7-9-16(10-8-14)27(24,25)22-17-5-3-4-6-18(17)26-2/h3-11,22H,12H2,1-2H3,(H,21,23). The fourth-order valence-corrected chi connectivity index (χ4v) is 3.70. The summed E-state index contributed by atoms with van der Waals surface area (Å²) in [4.78, 5) is 12.0. The van der Waals surface area contributed by atoms with Crippen molar-refractivity contribution in [2.24, 2.45) is 0 Å². The summed E-state index contributed by atoms with van der Waals surface area (Å²) in [6, 6.07) is 14.9. The summed E-state index contributed by atoms with van der Waals surface area (Å²) < 4.78 is 32.9. The molecular weight excluding hydrogens is 366 g/mol. The van der Waals surface area contributed by atoms with Gasteiger partial charge in [0.2, 0.25) is 0 Å². The van der Waals surface area contributed by atoms with Gasteiger partial charge in [-0.3, -0.25) is 9.52 Å². The molecule has 0 radical (unpaired) electrons. The van der Waals surface area contributed by atoms with Gasteiger partial charge in [0, 0.05) is 12.0 Å². The molecular formula is C19H19N3O4S. The Morgan fingerprint density at radius 3 is 2.52 bits per heavy atom. The molecule has 0 saturated heterocycles. The van der Waals surface area contributed by atoms with Crippen LogP contribution in [0.1, 0.15) is 16.8 Å². The molecule has 3 rings (SSSR count). The van der Waals surface area contributed by atoms with Crippen LogP contribution in [-0.2, 0) is 16.4 Å². The highest BCUT2D eigenvalue weighted by atomic mass is 32.2. The van der Waals surface area contributed by atoms with E-state index >= 15 is 0 Å². The van der Waals surface area contributed by atoms with E-state index in [0.29, 0.717) is 29.1 Å². The summed E-state index contributed by atoms with van der Waals surface area (Å²) >= 11 is 0. The van der Waals surface area contributed by atoms with Crippen LogP contribution in [0.5, 0.6) is 5.75 Å². The SMILES string of the molecule is COc1ccccc1NS(=O)(=O)c1ccc(Cc2cc(C)n[nH]c2=O)cc1. The Labute approximate surface area is 157 Å². The second-order valence-corrected chi connectivity index (χ2v) is 7.67. The van der Waals surface area contributed by atoms with E-state index in [-0.39, 0.29) is 10.5 Å². The highest BCUT2D eigenvalue weighted by molar-refractivity contribution is 7.92. The van der Waals surface area contributed by atoms with Crippen LogP contribution in [0.3, 0.4) is 0 Å². The first-order chi connectivity index (χ1) is 12.9. The van der Waals surface area contributed by atoms with Crippen molar-refractivity contribution in [1.29, 1.82) is 0 Å². The molecule has 0 aliphatic heterocycles. The summed E-state index contributed by atoms with van der Waals surface area (Å²) in [7, 11) is -2.28. The first-order valence-corrected chi connectivity index (χ1v) is 9.67. The molecule has 27 heavy (non-hydrogen) atoms. The summed E-state index contributed by atoms with van der Waals surface area (Å²) in [5.41, 5.74) is 2.22. The molecule has 1 aromatic heterocycles. The number of rotatable bonds is 6. The van der Waals surface area contributed by atoms with Crippen LogP contribution in [-0.4, -0.2) is 25.7 Å². The number of sulfonamides is 1. The maximum atomic E-state index is 12.6. The van der Waals surface area contributed by atoms with Gasteiger partial charge in [0.05, 0.1) is 23.4 Å². The Morgan fingerprint density at radius 1 is 1.11 bits per heavy atom. The number of hydrogen-bond acceptors (Lipinski definition) is 5. The Kier molecular flexibility index (Phi) is 5.27. The average molecular weight is 385 g/mol. The van der Waals surface area contributed by atoms with Crippen LogP contribution < -0.4 is 15.0 Å². The smallest absolute Gasteiger partial charge is 0.267 e. The van der Waals surface area contributed by atoms with Gasteiger partial charge >= 0.3 is 0 Å². The monoisotopic (exact) mass is 385 g/mol. The zero-order chi connectivity index (χ0) is 19.4. The normalized spacial score (nSPS) is 11.2. The first-order valence-electron chi connectivity index (χ1n) is 8.19.